The fourth-order valence-electron chi connectivity index (χ4n) is 3.14. The first-order chi connectivity index (χ1) is 14.1. The molecular formula is C19H19N3O7S. The minimum absolute atomic E-state index is 0.143. The van der Waals surface area contributed by atoms with Crippen molar-refractivity contribution in [3.63, 3.8) is 0 Å². The maximum Gasteiger partial charge on any atom is 0.263 e. The Morgan fingerprint density at radius 2 is 1.60 bits per heavy atom. The summed E-state index contributed by atoms with van der Waals surface area (Å²) in [4.78, 5) is 43.4. The highest BCUT2D eigenvalue weighted by Crippen LogP contribution is 2.32. The lowest BCUT2D eigenvalue weighted by molar-refractivity contribution is -0.120. The molecule has 1 atom stereocenters. The van der Waals surface area contributed by atoms with Crippen LogP contribution < -0.4 is 13.8 Å². The number of hydrogen-bond donors (Lipinski definition) is 0. The predicted molar refractivity (Wildman–Crippen MR) is 106 cm³/mol. The zero-order chi connectivity index (χ0) is 22.2. The minimum Gasteiger partial charge on any atom is -0.481 e. The molecule has 2 aromatic rings. The summed E-state index contributed by atoms with van der Waals surface area (Å²) in [6.07, 6.45) is 0.823. The molecule has 3 amide bonds. The van der Waals surface area contributed by atoms with E-state index in [0.29, 0.717) is 4.31 Å². The normalized spacial score (nSPS) is 14.3. The second-order valence-electron chi connectivity index (χ2n) is 6.45. The summed E-state index contributed by atoms with van der Waals surface area (Å²) in [6, 6.07) is 7.37. The van der Waals surface area contributed by atoms with Gasteiger partial charge in [0, 0.05) is 6.07 Å². The maximum atomic E-state index is 13.2. The molecule has 1 unspecified atom stereocenters. The topological polar surface area (TPSA) is 123 Å². The van der Waals surface area contributed by atoms with Gasteiger partial charge >= 0.3 is 0 Å². The SMILES string of the molecule is COc1ccc(N(C(=O)C(C)N2C(=O)c3ccccc3C2=O)S(C)(=O)=O)c(OC)n1. The highest BCUT2D eigenvalue weighted by atomic mass is 32.2. The van der Waals surface area contributed by atoms with Gasteiger partial charge in [0.1, 0.15) is 11.7 Å². The number of amides is 3. The van der Waals surface area contributed by atoms with Crippen LogP contribution in [0.1, 0.15) is 27.6 Å². The summed E-state index contributed by atoms with van der Waals surface area (Å²) in [7, 11) is -1.55. The highest BCUT2D eigenvalue weighted by Gasteiger charge is 2.44. The number of imide groups is 1. The summed E-state index contributed by atoms with van der Waals surface area (Å²) in [5.41, 5.74) is 0.128. The number of carbonyl (C=O) groups is 3. The molecule has 10 nitrogen and oxygen atoms in total. The van der Waals surface area contributed by atoms with Crippen LogP contribution in [0.25, 0.3) is 0 Å². The number of aromatic nitrogens is 1. The average molecular weight is 433 g/mol. The van der Waals surface area contributed by atoms with E-state index in [2.05, 4.69) is 4.98 Å². The molecule has 0 saturated carbocycles. The highest BCUT2D eigenvalue weighted by molar-refractivity contribution is 7.92. The molecular weight excluding hydrogens is 414 g/mol. The van der Waals surface area contributed by atoms with Gasteiger partial charge in [-0.15, -0.1) is 0 Å². The van der Waals surface area contributed by atoms with Crippen LogP contribution in [0.4, 0.5) is 5.69 Å². The number of nitrogens with zero attached hydrogens (tertiary/aromatic N) is 3. The van der Waals surface area contributed by atoms with Gasteiger partial charge in [-0.1, -0.05) is 12.1 Å². The molecule has 1 aliphatic heterocycles. The predicted octanol–water partition coefficient (Wildman–Crippen LogP) is 1.08. The summed E-state index contributed by atoms with van der Waals surface area (Å²) in [5.74, 6) is -2.40. The van der Waals surface area contributed by atoms with Crippen molar-refractivity contribution in [3.05, 3.63) is 47.5 Å². The quantitative estimate of drug-likeness (QED) is 0.620. The Morgan fingerprint density at radius 3 is 2.07 bits per heavy atom. The first-order valence-electron chi connectivity index (χ1n) is 8.72. The molecule has 11 heteroatoms. The van der Waals surface area contributed by atoms with E-state index >= 15 is 0 Å². The van der Waals surface area contributed by atoms with E-state index in [0.717, 1.165) is 11.2 Å². The molecule has 1 aliphatic rings. The fraction of sp³-hybridized carbons (Fsp3) is 0.263. The Morgan fingerprint density at radius 1 is 1.03 bits per heavy atom. The number of carbonyl (C=O) groups excluding carboxylic acids is 3. The summed E-state index contributed by atoms with van der Waals surface area (Å²) in [5, 5.41) is 0. The van der Waals surface area contributed by atoms with Crippen LogP contribution in [0.15, 0.2) is 36.4 Å². The summed E-state index contributed by atoms with van der Waals surface area (Å²) >= 11 is 0. The van der Waals surface area contributed by atoms with Gasteiger partial charge in [0.15, 0.2) is 0 Å². The second-order valence-corrected chi connectivity index (χ2v) is 8.28. The molecule has 1 aromatic carbocycles. The Labute approximate surface area is 173 Å². The van der Waals surface area contributed by atoms with Crippen LogP contribution >= 0.6 is 0 Å². The Bertz CT molecular complexity index is 1110. The zero-order valence-electron chi connectivity index (χ0n) is 16.6. The molecule has 0 fully saturated rings. The Balaban J connectivity index is 2.04. The first-order valence-corrected chi connectivity index (χ1v) is 10.6. The Kier molecular flexibility index (Phi) is 5.49. The molecule has 0 bridgehead atoms. The summed E-state index contributed by atoms with van der Waals surface area (Å²) < 4.78 is 35.6. The van der Waals surface area contributed by atoms with Crippen molar-refractivity contribution in [2.75, 3.05) is 24.8 Å². The number of pyridine rings is 1. The van der Waals surface area contributed by atoms with Crippen molar-refractivity contribution < 1.29 is 32.3 Å². The van der Waals surface area contributed by atoms with Crippen molar-refractivity contribution in [1.82, 2.24) is 9.88 Å². The number of anilines is 1. The van der Waals surface area contributed by atoms with Gasteiger partial charge in [0.2, 0.25) is 21.8 Å². The van der Waals surface area contributed by atoms with E-state index in [4.69, 9.17) is 9.47 Å². The molecule has 0 spiro atoms. The minimum atomic E-state index is -4.17. The number of benzene rings is 1. The smallest absolute Gasteiger partial charge is 0.263 e. The molecule has 1 aromatic heterocycles. The third-order valence-corrected chi connectivity index (χ3v) is 5.58. The summed E-state index contributed by atoms with van der Waals surface area (Å²) in [6.45, 7) is 1.28. The maximum absolute atomic E-state index is 13.2. The van der Waals surface area contributed by atoms with Crippen molar-refractivity contribution in [2.24, 2.45) is 0 Å². The largest absolute Gasteiger partial charge is 0.481 e. The fourth-order valence-corrected chi connectivity index (χ4v) is 4.11. The molecule has 30 heavy (non-hydrogen) atoms. The second kappa shape index (κ2) is 7.75. The molecule has 2 heterocycles. The van der Waals surface area contributed by atoms with Gasteiger partial charge in [-0.25, -0.2) is 8.42 Å². The third kappa shape index (κ3) is 3.47. The van der Waals surface area contributed by atoms with Crippen molar-refractivity contribution in [1.29, 1.82) is 0 Å². The lowest BCUT2D eigenvalue weighted by Crippen LogP contribution is -2.51. The molecule has 0 radical (unpaired) electrons. The Hall–Kier alpha value is -3.47. The first kappa shape index (κ1) is 21.2. The van der Waals surface area contributed by atoms with Crippen LogP contribution in [-0.2, 0) is 14.8 Å². The van der Waals surface area contributed by atoms with Gasteiger partial charge in [0.05, 0.1) is 31.6 Å². The molecule has 0 saturated heterocycles. The van der Waals surface area contributed by atoms with E-state index in [1.54, 1.807) is 12.1 Å². The molecule has 3 rings (SSSR count). The van der Waals surface area contributed by atoms with Gasteiger partial charge in [-0.05, 0) is 25.1 Å². The number of rotatable bonds is 6. The number of ether oxygens (including phenoxy) is 2. The lowest BCUT2D eigenvalue weighted by Gasteiger charge is -2.28. The molecule has 0 aliphatic carbocycles. The van der Waals surface area contributed by atoms with Crippen LogP contribution in [0.5, 0.6) is 11.8 Å². The standard InChI is InChI=1S/C19H19N3O7S/c1-11(21-18(24)12-7-5-6-8-13(12)19(21)25)17(23)22(30(4,26)27)14-9-10-15(28-2)20-16(14)29-3/h5-11H,1-4H3. The average Bonchev–Trinajstić information content (AvgIpc) is 2.97. The van der Waals surface area contributed by atoms with E-state index in [-0.39, 0.29) is 28.6 Å². The lowest BCUT2D eigenvalue weighted by atomic mass is 10.1. The van der Waals surface area contributed by atoms with Crippen molar-refractivity contribution in [3.8, 4) is 11.8 Å². The van der Waals surface area contributed by atoms with Gasteiger partial charge < -0.3 is 9.47 Å². The van der Waals surface area contributed by atoms with Gasteiger partial charge in [-0.2, -0.15) is 9.29 Å². The number of sulfonamides is 1. The number of methoxy groups -OCH3 is 2. The van der Waals surface area contributed by atoms with Crippen molar-refractivity contribution in [2.45, 2.75) is 13.0 Å². The number of hydrogen-bond acceptors (Lipinski definition) is 8. The van der Waals surface area contributed by atoms with Gasteiger partial charge in [-0.3, -0.25) is 19.3 Å². The molecule has 0 N–H and O–H groups in total. The monoisotopic (exact) mass is 433 g/mol. The van der Waals surface area contributed by atoms with E-state index in [1.807, 2.05) is 0 Å². The number of fused-ring (bicyclic) bond motifs is 1. The van der Waals surface area contributed by atoms with Crippen molar-refractivity contribution >= 4 is 33.4 Å². The molecule has 158 valence electrons. The van der Waals surface area contributed by atoms with E-state index in [9.17, 15) is 22.8 Å². The third-order valence-electron chi connectivity index (χ3n) is 4.54. The van der Waals surface area contributed by atoms with Crippen LogP contribution in [0.2, 0.25) is 0 Å². The van der Waals surface area contributed by atoms with E-state index < -0.39 is 33.8 Å². The van der Waals surface area contributed by atoms with Crippen LogP contribution in [0.3, 0.4) is 0 Å². The van der Waals surface area contributed by atoms with Gasteiger partial charge in [0.25, 0.3) is 17.7 Å². The van der Waals surface area contributed by atoms with E-state index in [1.165, 1.54) is 45.4 Å². The van der Waals surface area contributed by atoms with Crippen LogP contribution in [-0.4, -0.2) is 62.5 Å². The zero-order valence-corrected chi connectivity index (χ0v) is 17.5. The van der Waals surface area contributed by atoms with Crippen LogP contribution in [0, 0.1) is 0 Å².